The summed E-state index contributed by atoms with van der Waals surface area (Å²) in [5.74, 6) is -2.21. The minimum atomic E-state index is -1.82. The summed E-state index contributed by atoms with van der Waals surface area (Å²) in [5, 5.41) is 45.6. The lowest BCUT2D eigenvalue weighted by Crippen LogP contribution is -2.60. The van der Waals surface area contributed by atoms with Gasteiger partial charge in [-0.25, -0.2) is 0 Å². The Morgan fingerprint density at radius 1 is 1.04 bits per heavy atom. The van der Waals surface area contributed by atoms with Crippen LogP contribution in [0.25, 0.3) is 0 Å². The molecule has 52 heavy (non-hydrogen) atoms. The molecule has 5 rings (SSSR count). The molecule has 0 aromatic carbocycles. The third kappa shape index (κ3) is 7.97. The van der Waals surface area contributed by atoms with Gasteiger partial charge in [-0.05, 0) is 92.8 Å². The van der Waals surface area contributed by atoms with Crippen molar-refractivity contribution in [1.82, 2.24) is 4.90 Å². The molecule has 0 saturated carbocycles. The van der Waals surface area contributed by atoms with Crippen molar-refractivity contribution in [3.63, 3.8) is 0 Å². The third-order valence-corrected chi connectivity index (χ3v) is 12.9. The zero-order chi connectivity index (χ0) is 38.5. The van der Waals surface area contributed by atoms with E-state index < -0.39 is 95.8 Å². The average molecular weight is 742 g/mol. The van der Waals surface area contributed by atoms with E-state index >= 15 is 0 Å². The van der Waals surface area contributed by atoms with E-state index in [1.54, 1.807) is 27.7 Å². The van der Waals surface area contributed by atoms with Gasteiger partial charge in [-0.3, -0.25) is 9.69 Å². The van der Waals surface area contributed by atoms with E-state index in [1.165, 1.54) is 14.0 Å². The number of cyclic esters (lactones) is 1. The molecule has 4 N–H and O–H groups in total. The number of fused-ring (bicyclic) bond motifs is 2. The normalized spacial score (nSPS) is 47.0. The first-order valence-corrected chi connectivity index (χ1v) is 19.5. The molecule has 5 aliphatic heterocycles. The molecule has 4 saturated heterocycles. The summed E-state index contributed by atoms with van der Waals surface area (Å²) in [6.07, 6.45) is -4.84. The summed E-state index contributed by atoms with van der Waals surface area (Å²) in [7, 11) is 1.53. The molecule has 0 aromatic heterocycles. The number of hydrogen-bond acceptors (Lipinski definition) is 13. The Labute approximate surface area is 310 Å². The van der Waals surface area contributed by atoms with E-state index in [4.69, 9.17) is 33.2 Å². The van der Waals surface area contributed by atoms with Gasteiger partial charge >= 0.3 is 5.97 Å². The Kier molecular flexibility index (Phi) is 12.8. The van der Waals surface area contributed by atoms with Crippen molar-refractivity contribution in [2.45, 2.75) is 192 Å². The molecule has 13 nitrogen and oxygen atoms in total. The molecule has 0 spiro atoms. The number of esters is 1. The number of carbonyl (C=O) groups excluding carboxylic acids is 1. The number of aliphatic hydroxyl groups excluding tert-OH is 3. The summed E-state index contributed by atoms with van der Waals surface area (Å²) in [5.41, 5.74) is -2.92. The van der Waals surface area contributed by atoms with Crippen LogP contribution in [-0.2, 0) is 38.0 Å². The quantitative estimate of drug-likeness (QED) is 0.254. The Morgan fingerprint density at radius 2 is 1.69 bits per heavy atom. The van der Waals surface area contributed by atoms with E-state index in [-0.39, 0.29) is 25.0 Å². The topological polar surface area (TPSA) is 166 Å². The fourth-order valence-electron chi connectivity index (χ4n) is 9.65. The van der Waals surface area contributed by atoms with Gasteiger partial charge in [0.2, 0.25) is 0 Å². The van der Waals surface area contributed by atoms with Crippen molar-refractivity contribution in [2.24, 2.45) is 17.8 Å². The van der Waals surface area contributed by atoms with Gasteiger partial charge in [0.05, 0.1) is 41.9 Å². The Morgan fingerprint density at radius 3 is 2.31 bits per heavy atom. The maximum atomic E-state index is 14.3. The first-order chi connectivity index (χ1) is 24.3. The second-order valence-corrected chi connectivity index (χ2v) is 17.1. The van der Waals surface area contributed by atoms with Crippen LogP contribution in [0.4, 0.5) is 0 Å². The van der Waals surface area contributed by atoms with E-state index in [2.05, 4.69) is 4.90 Å². The Hall–Kier alpha value is -1.39. The van der Waals surface area contributed by atoms with E-state index in [0.29, 0.717) is 18.6 Å². The molecular formula is C39H67NO12. The maximum Gasteiger partial charge on any atom is 0.311 e. The standard InChI is InChI=1S/C39H67NO12/c1-12-27(41)39(10,45)34-22(4)30-20(2)18-38(9,52-30)33(51-36-29(42)26(17-21(3)47-36)40-15-13-14-16-40)23(5)31(24(6)35(44)50-34)49-28-19-37(8,46-11)32(43)25(7)48-28/h21-29,31-34,36,41-43,45H,12-19H2,1-11H3/t21?,22-,23-,24+,25?,26?,27+,28-,29?,31-,32-,33+,34+,36-,37?,38+,39+/m0/s1. The van der Waals surface area contributed by atoms with Gasteiger partial charge < -0.3 is 53.6 Å². The highest BCUT2D eigenvalue weighted by Gasteiger charge is 2.57. The molecule has 2 bridgehead atoms. The van der Waals surface area contributed by atoms with E-state index in [0.717, 1.165) is 31.5 Å². The average Bonchev–Trinajstić information content (AvgIpc) is 3.74. The van der Waals surface area contributed by atoms with Crippen molar-refractivity contribution >= 4 is 5.97 Å². The van der Waals surface area contributed by atoms with Gasteiger partial charge in [0.15, 0.2) is 12.6 Å². The summed E-state index contributed by atoms with van der Waals surface area (Å²) in [6.45, 7) is 20.0. The monoisotopic (exact) mass is 741 g/mol. The van der Waals surface area contributed by atoms with Crippen LogP contribution in [0.1, 0.15) is 108 Å². The minimum Gasteiger partial charge on any atom is -0.488 e. The molecule has 5 aliphatic rings. The number of carbonyl (C=O) groups is 1. The SMILES string of the molecule is CC[C@@H](O)[C@@](C)(O)[C@@H]1OC(=O)[C@H](C)[C@@H](O[C@H]2CC(C)(OC)[C@@H](O)C(C)O2)[C@H](C)[C@@H](O[C@@H]2OC(C)CC(N3CCCC3)C2O)[C@@]2(C)CC(C)=C(O2)[C@@H]1C. The summed E-state index contributed by atoms with van der Waals surface area (Å²) in [4.78, 5) is 16.7. The molecule has 17 atom stereocenters. The Bertz CT molecular complexity index is 1270. The number of aliphatic hydroxyl groups is 4. The van der Waals surface area contributed by atoms with Gasteiger partial charge in [-0.15, -0.1) is 0 Å². The lowest BCUT2D eigenvalue weighted by Gasteiger charge is -2.48. The number of hydrogen-bond donors (Lipinski definition) is 4. The summed E-state index contributed by atoms with van der Waals surface area (Å²) >= 11 is 0. The number of likely N-dealkylation sites (tertiary alicyclic amines) is 1. The van der Waals surface area contributed by atoms with Crippen LogP contribution < -0.4 is 0 Å². The van der Waals surface area contributed by atoms with Crippen LogP contribution in [0.3, 0.4) is 0 Å². The lowest BCUT2D eigenvalue weighted by atomic mass is 9.78. The van der Waals surface area contributed by atoms with Gasteiger partial charge in [0, 0.05) is 31.9 Å². The molecule has 0 aromatic rings. The number of ether oxygens (including phenoxy) is 7. The van der Waals surface area contributed by atoms with Crippen molar-refractivity contribution in [3.8, 4) is 0 Å². The molecule has 13 heteroatoms. The second kappa shape index (κ2) is 16.0. The zero-order valence-corrected chi connectivity index (χ0v) is 33.2. The molecule has 4 fully saturated rings. The van der Waals surface area contributed by atoms with Crippen LogP contribution >= 0.6 is 0 Å². The minimum absolute atomic E-state index is 0.133. The Balaban J connectivity index is 1.57. The highest BCUT2D eigenvalue weighted by molar-refractivity contribution is 5.73. The molecule has 0 aliphatic carbocycles. The first-order valence-electron chi connectivity index (χ1n) is 19.5. The third-order valence-electron chi connectivity index (χ3n) is 12.9. The fourth-order valence-corrected chi connectivity index (χ4v) is 9.65. The van der Waals surface area contributed by atoms with Crippen molar-refractivity contribution in [2.75, 3.05) is 20.2 Å². The van der Waals surface area contributed by atoms with Crippen molar-refractivity contribution in [1.29, 1.82) is 0 Å². The molecular weight excluding hydrogens is 674 g/mol. The molecule has 5 unspecified atom stereocenters. The van der Waals surface area contributed by atoms with Crippen molar-refractivity contribution in [3.05, 3.63) is 11.3 Å². The molecule has 0 amide bonds. The lowest BCUT2D eigenvalue weighted by molar-refractivity contribution is -0.316. The van der Waals surface area contributed by atoms with E-state index in [9.17, 15) is 25.2 Å². The van der Waals surface area contributed by atoms with Crippen LogP contribution in [-0.4, -0.2) is 136 Å². The van der Waals surface area contributed by atoms with Gasteiger partial charge in [0.1, 0.15) is 41.4 Å². The van der Waals surface area contributed by atoms with Gasteiger partial charge in [-0.1, -0.05) is 20.8 Å². The number of nitrogens with zero attached hydrogens (tertiary/aromatic N) is 1. The predicted octanol–water partition coefficient (Wildman–Crippen LogP) is 3.43. The number of rotatable bonds is 9. The highest BCUT2D eigenvalue weighted by atomic mass is 16.7. The highest BCUT2D eigenvalue weighted by Crippen LogP contribution is 2.48. The molecule has 5 heterocycles. The van der Waals surface area contributed by atoms with Crippen LogP contribution in [0.15, 0.2) is 11.3 Å². The van der Waals surface area contributed by atoms with E-state index in [1.807, 2.05) is 34.6 Å². The zero-order valence-electron chi connectivity index (χ0n) is 33.2. The van der Waals surface area contributed by atoms with Gasteiger partial charge in [0.25, 0.3) is 0 Å². The first kappa shape index (κ1) is 41.8. The second-order valence-electron chi connectivity index (χ2n) is 17.1. The fraction of sp³-hybridized carbons (Fsp3) is 0.923. The maximum absolute atomic E-state index is 14.3. The largest absolute Gasteiger partial charge is 0.488 e. The van der Waals surface area contributed by atoms with Crippen molar-refractivity contribution < 1.29 is 58.4 Å². The van der Waals surface area contributed by atoms with Gasteiger partial charge in [-0.2, -0.15) is 0 Å². The van der Waals surface area contributed by atoms with Crippen LogP contribution in [0, 0.1) is 17.8 Å². The summed E-state index contributed by atoms with van der Waals surface area (Å²) < 4.78 is 45.2. The smallest absolute Gasteiger partial charge is 0.311 e. The van der Waals surface area contributed by atoms with Crippen LogP contribution in [0.2, 0.25) is 0 Å². The molecule has 0 radical (unpaired) electrons. The summed E-state index contributed by atoms with van der Waals surface area (Å²) in [6, 6.07) is -0.133. The van der Waals surface area contributed by atoms with Crippen LogP contribution in [0.5, 0.6) is 0 Å². The number of methoxy groups -OCH3 is 1. The molecule has 300 valence electrons. The predicted molar refractivity (Wildman–Crippen MR) is 191 cm³/mol.